The van der Waals surface area contributed by atoms with E-state index in [0.717, 1.165) is 0 Å². The molecule has 0 atom stereocenters. The third kappa shape index (κ3) is 3.93. The van der Waals surface area contributed by atoms with E-state index in [1.54, 1.807) is 67.8 Å². The maximum absolute atomic E-state index is 12.5. The van der Waals surface area contributed by atoms with Gasteiger partial charge in [0.2, 0.25) is 0 Å². The monoisotopic (exact) mass is 331 g/mol. The molecule has 0 fully saturated rings. The first-order valence-electron chi connectivity index (χ1n) is 7.82. The molecule has 3 aromatic rings. The van der Waals surface area contributed by atoms with Crippen LogP contribution in [-0.4, -0.2) is 18.8 Å². The third-order valence-corrected chi connectivity index (χ3v) is 3.75. The zero-order valence-corrected chi connectivity index (χ0v) is 13.7. The van der Waals surface area contributed by atoms with Gasteiger partial charge in [-0.2, -0.15) is 0 Å². The molecular weight excluding hydrogens is 314 g/mol. The first-order chi connectivity index (χ1) is 12.2. The van der Waals surface area contributed by atoms with Crippen LogP contribution in [0.15, 0.2) is 78.9 Å². The van der Waals surface area contributed by atoms with E-state index in [1.807, 2.05) is 18.2 Å². The van der Waals surface area contributed by atoms with Crippen LogP contribution in [0, 0.1) is 0 Å². The molecule has 0 heterocycles. The SMILES string of the molecule is COc1cccc(C(=O)Nc2cccc(C(=O)c3ccccc3)c2)c1. The number of nitrogens with one attached hydrogen (secondary N) is 1. The van der Waals surface area contributed by atoms with Crippen molar-refractivity contribution < 1.29 is 14.3 Å². The van der Waals surface area contributed by atoms with Crippen LogP contribution < -0.4 is 10.1 Å². The van der Waals surface area contributed by atoms with Crippen molar-refractivity contribution >= 4 is 17.4 Å². The number of ketones is 1. The fourth-order valence-electron chi connectivity index (χ4n) is 2.46. The number of anilines is 1. The summed E-state index contributed by atoms with van der Waals surface area (Å²) < 4.78 is 5.13. The maximum Gasteiger partial charge on any atom is 0.255 e. The van der Waals surface area contributed by atoms with Gasteiger partial charge in [-0.05, 0) is 30.3 Å². The van der Waals surface area contributed by atoms with E-state index in [-0.39, 0.29) is 11.7 Å². The van der Waals surface area contributed by atoms with Crippen molar-refractivity contribution in [1.29, 1.82) is 0 Å². The van der Waals surface area contributed by atoms with Crippen molar-refractivity contribution in [3.05, 3.63) is 95.6 Å². The smallest absolute Gasteiger partial charge is 0.255 e. The predicted molar refractivity (Wildman–Crippen MR) is 97.3 cm³/mol. The lowest BCUT2D eigenvalue weighted by molar-refractivity contribution is 0.102. The van der Waals surface area contributed by atoms with Crippen LogP contribution in [0.2, 0.25) is 0 Å². The van der Waals surface area contributed by atoms with Crippen molar-refractivity contribution in [2.24, 2.45) is 0 Å². The molecule has 0 bridgehead atoms. The van der Waals surface area contributed by atoms with Gasteiger partial charge in [-0.1, -0.05) is 48.5 Å². The molecule has 1 amide bonds. The van der Waals surface area contributed by atoms with Crippen LogP contribution in [-0.2, 0) is 0 Å². The minimum absolute atomic E-state index is 0.0851. The second-order valence-electron chi connectivity index (χ2n) is 5.46. The Bertz CT molecular complexity index is 904. The standard InChI is InChI=1S/C21H17NO3/c1-25-19-12-6-10-17(14-19)21(24)22-18-11-5-9-16(13-18)20(23)15-7-3-2-4-8-15/h2-14H,1H3,(H,22,24). The first-order valence-corrected chi connectivity index (χ1v) is 7.82. The summed E-state index contributed by atoms with van der Waals surface area (Å²) >= 11 is 0. The Morgan fingerprint density at radius 1 is 0.760 bits per heavy atom. The molecule has 124 valence electrons. The van der Waals surface area contributed by atoms with Gasteiger partial charge in [0.05, 0.1) is 7.11 Å². The fraction of sp³-hybridized carbons (Fsp3) is 0.0476. The molecule has 0 aliphatic rings. The summed E-state index contributed by atoms with van der Waals surface area (Å²) in [5.41, 5.74) is 2.18. The molecule has 25 heavy (non-hydrogen) atoms. The molecule has 0 radical (unpaired) electrons. The highest BCUT2D eigenvalue weighted by molar-refractivity contribution is 6.10. The first kappa shape index (κ1) is 16.5. The molecule has 0 aromatic heterocycles. The molecule has 0 saturated heterocycles. The van der Waals surface area contributed by atoms with E-state index in [1.165, 1.54) is 0 Å². The second kappa shape index (κ2) is 7.45. The predicted octanol–water partition coefficient (Wildman–Crippen LogP) is 4.18. The zero-order valence-electron chi connectivity index (χ0n) is 13.7. The fourth-order valence-corrected chi connectivity index (χ4v) is 2.46. The largest absolute Gasteiger partial charge is 0.497 e. The Hall–Kier alpha value is -3.40. The number of carbonyl (C=O) groups is 2. The summed E-state index contributed by atoms with van der Waals surface area (Å²) in [6.45, 7) is 0. The molecule has 3 aromatic carbocycles. The Morgan fingerprint density at radius 2 is 1.44 bits per heavy atom. The lowest BCUT2D eigenvalue weighted by Crippen LogP contribution is -2.12. The minimum Gasteiger partial charge on any atom is -0.497 e. The Kier molecular flexibility index (Phi) is 4.90. The summed E-state index contributed by atoms with van der Waals surface area (Å²) in [6, 6.07) is 22.8. The highest BCUT2D eigenvalue weighted by Gasteiger charge is 2.11. The van der Waals surface area contributed by atoms with Gasteiger partial charge in [0.25, 0.3) is 5.91 Å². The van der Waals surface area contributed by atoms with Crippen LogP contribution in [0.4, 0.5) is 5.69 Å². The van der Waals surface area contributed by atoms with E-state index < -0.39 is 0 Å². The molecule has 0 spiro atoms. The summed E-state index contributed by atoms with van der Waals surface area (Å²) in [5, 5.41) is 2.81. The Labute approximate surface area is 146 Å². The van der Waals surface area contributed by atoms with Crippen LogP contribution >= 0.6 is 0 Å². The van der Waals surface area contributed by atoms with Crippen molar-refractivity contribution in [1.82, 2.24) is 0 Å². The zero-order chi connectivity index (χ0) is 17.6. The normalized spacial score (nSPS) is 10.1. The molecule has 0 aliphatic heterocycles. The molecule has 0 saturated carbocycles. The lowest BCUT2D eigenvalue weighted by Gasteiger charge is -2.08. The van der Waals surface area contributed by atoms with Gasteiger partial charge in [0.1, 0.15) is 5.75 Å². The van der Waals surface area contributed by atoms with Crippen LogP contribution in [0.1, 0.15) is 26.3 Å². The minimum atomic E-state index is -0.261. The second-order valence-corrected chi connectivity index (χ2v) is 5.46. The van der Waals surface area contributed by atoms with Gasteiger partial charge in [0.15, 0.2) is 5.78 Å². The number of methoxy groups -OCH3 is 1. The molecule has 0 unspecified atom stereocenters. The number of hydrogen-bond donors (Lipinski definition) is 1. The Balaban J connectivity index is 1.80. The van der Waals surface area contributed by atoms with Crippen LogP contribution in [0.5, 0.6) is 5.75 Å². The molecule has 1 N–H and O–H groups in total. The van der Waals surface area contributed by atoms with Gasteiger partial charge in [-0.15, -0.1) is 0 Å². The Morgan fingerprint density at radius 3 is 2.20 bits per heavy atom. The summed E-state index contributed by atoms with van der Waals surface area (Å²) in [7, 11) is 1.55. The van der Waals surface area contributed by atoms with Crippen LogP contribution in [0.25, 0.3) is 0 Å². The van der Waals surface area contributed by atoms with Crippen molar-refractivity contribution in [3.8, 4) is 5.75 Å². The summed E-state index contributed by atoms with van der Waals surface area (Å²) in [4.78, 5) is 24.9. The average Bonchev–Trinajstić information content (AvgIpc) is 2.68. The summed E-state index contributed by atoms with van der Waals surface area (Å²) in [5.74, 6) is 0.266. The van der Waals surface area contributed by atoms with Gasteiger partial charge in [0, 0.05) is 22.4 Å². The number of benzene rings is 3. The number of rotatable bonds is 5. The third-order valence-electron chi connectivity index (χ3n) is 3.75. The van der Waals surface area contributed by atoms with Crippen LogP contribution in [0.3, 0.4) is 0 Å². The number of hydrogen-bond acceptors (Lipinski definition) is 3. The number of amides is 1. The quantitative estimate of drug-likeness (QED) is 0.714. The molecule has 3 rings (SSSR count). The van der Waals surface area contributed by atoms with Gasteiger partial charge >= 0.3 is 0 Å². The van der Waals surface area contributed by atoms with E-state index in [4.69, 9.17) is 4.74 Å². The highest BCUT2D eigenvalue weighted by Crippen LogP contribution is 2.17. The molecule has 0 aliphatic carbocycles. The maximum atomic E-state index is 12.5. The molecule has 4 nitrogen and oxygen atoms in total. The molecular formula is C21H17NO3. The average molecular weight is 331 g/mol. The molecule has 4 heteroatoms. The van der Waals surface area contributed by atoms with E-state index in [2.05, 4.69) is 5.32 Å². The van der Waals surface area contributed by atoms with Gasteiger partial charge in [-0.25, -0.2) is 0 Å². The van der Waals surface area contributed by atoms with E-state index >= 15 is 0 Å². The topological polar surface area (TPSA) is 55.4 Å². The highest BCUT2D eigenvalue weighted by atomic mass is 16.5. The van der Waals surface area contributed by atoms with Gasteiger partial charge < -0.3 is 10.1 Å². The van der Waals surface area contributed by atoms with Gasteiger partial charge in [-0.3, -0.25) is 9.59 Å². The number of ether oxygens (including phenoxy) is 1. The van der Waals surface area contributed by atoms with E-state index in [9.17, 15) is 9.59 Å². The lowest BCUT2D eigenvalue weighted by atomic mass is 10.0. The van der Waals surface area contributed by atoms with E-state index in [0.29, 0.717) is 28.1 Å². The summed E-state index contributed by atoms with van der Waals surface area (Å²) in [6.07, 6.45) is 0. The van der Waals surface area contributed by atoms with Crippen molar-refractivity contribution in [3.63, 3.8) is 0 Å². The van der Waals surface area contributed by atoms with Crippen molar-refractivity contribution in [2.45, 2.75) is 0 Å². The van der Waals surface area contributed by atoms with Crippen molar-refractivity contribution in [2.75, 3.05) is 12.4 Å². The number of carbonyl (C=O) groups excluding carboxylic acids is 2.